The molecule has 2 N–H and O–H groups in total. The van der Waals surface area contributed by atoms with Crippen LogP contribution in [-0.2, 0) is 10.0 Å². The van der Waals surface area contributed by atoms with Crippen molar-refractivity contribution in [2.24, 2.45) is 0 Å². The molecule has 1 unspecified atom stereocenters. The van der Waals surface area contributed by atoms with Gasteiger partial charge in [-0.05, 0) is 61.9 Å². The van der Waals surface area contributed by atoms with Crippen LogP contribution in [0.15, 0.2) is 77.0 Å². The molecule has 6 nitrogen and oxygen atoms in total. The zero-order valence-electron chi connectivity index (χ0n) is 16.2. The van der Waals surface area contributed by atoms with Crippen molar-refractivity contribution in [3.63, 3.8) is 0 Å². The third kappa shape index (κ3) is 5.44. The summed E-state index contributed by atoms with van der Waals surface area (Å²) in [5.74, 6) is -0.203. The number of sulfonamides is 1. The highest BCUT2D eigenvalue weighted by atomic mass is 32.2. The maximum Gasteiger partial charge on any atom is 0.261 e. The fourth-order valence-corrected chi connectivity index (χ4v) is 4.82. The number of hydrogen-bond donors (Lipinski definition) is 2. The number of hydrogen-bond acceptors (Lipinski definition) is 5. The second-order valence-corrected chi connectivity index (χ2v) is 9.36. The number of benzene rings is 2. The lowest BCUT2D eigenvalue weighted by Gasteiger charge is -2.23. The van der Waals surface area contributed by atoms with E-state index < -0.39 is 10.0 Å². The predicted octanol–water partition coefficient (Wildman–Crippen LogP) is 3.58. The molecule has 1 aromatic heterocycles. The summed E-state index contributed by atoms with van der Waals surface area (Å²) in [6.07, 6.45) is 0. The normalized spacial score (nSPS) is 12.5. The monoisotopic (exact) mass is 429 g/mol. The summed E-state index contributed by atoms with van der Waals surface area (Å²) in [4.78, 5) is 15.9. The summed E-state index contributed by atoms with van der Waals surface area (Å²) in [7, 11) is 0.295. The Morgan fingerprint density at radius 2 is 1.69 bits per heavy atom. The van der Waals surface area contributed by atoms with E-state index in [1.54, 1.807) is 53.8 Å². The Morgan fingerprint density at radius 3 is 2.28 bits per heavy atom. The molecule has 2 aromatic carbocycles. The number of nitrogens with zero attached hydrogens (tertiary/aromatic N) is 1. The van der Waals surface area contributed by atoms with E-state index in [0.717, 1.165) is 0 Å². The Hall–Kier alpha value is -2.68. The van der Waals surface area contributed by atoms with E-state index in [1.807, 2.05) is 25.5 Å². The van der Waals surface area contributed by atoms with E-state index in [9.17, 15) is 13.2 Å². The van der Waals surface area contributed by atoms with Crippen LogP contribution in [0.4, 0.5) is 5.69 Å². The number of rotatable bonds is 8. The standard InChI is InChI=1S/C21H23N3O3S2/c1-24(2)19(20-9-6-14-28-20)15-22-21(25)16-10-12-17(13-11-16)23-29(26,27)18-7-4-3-5-8-18/h3-14,19,23H,15H2,1-2H3,(H,22,25). The number of likely N-dealkylation sites (N-methyl/N-ethyl adjacent to an activating group) is 1. The summed E-state index contributed by atoms with van der Waals surface area (Å²) < 4.78 is 27.3. The van der Waals surface area contributed by atoms with Crippen LogP contribution in [0.1, 0.15) is 21.3 Å². The molecule has 0 fully saturated rings. The highest BCUT2D eigenvalue weighted by Gasteiger charge is 2.17. The van der Waals surface area contributed by atoms with Gasteiger partial charge in [0.15, 0.2) is 0 Å². The first kappa shape index (κ1) is 21.0. The van der Waals surface area contributed by atoms with E-state index >= 15 is 0 Å². The third-order valence-electron chi connectivity index (χ3n) is 4.40. The molecule has 8 heteroatoms. The number of anilines is 1. The van der Waals surface area contributed by atoms with E-state index in [1.165, 1.54) is 17.0 Å². The minimum atomic E-state index is -3.66. The van der Waals surface area contributed by atoms with Gasteiger partial charge in [0.25, 0.3) is 15.9 Å². The van der Waals surface area contributed by atoms with Crippen molar-refractivity contribution in [1.82, 2.24) is 10.2 Å². The van der Waals surface area contributed by atoms with Gasteiger partial charge >= 0.3 is 0 Å². The van der Waals surface area contributed by atoms with Gasteiger partial charge in [-0.25, -0.2) is 8.42 Å². The lowest BCUT2D eigenvalue weighted by atomic mass is 10.1. The molecule has 0 aliphatic rings. The molecule has 3 aromatic rings. The van der Waals surface area contributed by atoms with Crippen LogP contribution >= 0.6 is 11.3 Å². The first-order valence-electron chi connectivity index (χ1n) is 9.03. The average molecular weight is 430 g/mol. The van der Waals surface area contributed by atoms with Crippen LogP contribution in [0, 0.1) is 0 Å². The predicted molar refractivity (Wildman–Crippen MR) is 117 cm³/mol. The molecule has 0 saturated heterocycles. The largest absolute Gasteiger partial charge is 0.350 e. The molecule has 1 amide bonds. The quantitative estimate of drug-likeness (QED) is 0.574. The van der Waals surface area contributed by atoms with E-state index in [4.69, 9.17) is 0 Å². The number of nitrogens with one attached hydrogen (secondary N) is 2. The summed E-state index contributed by atoms with van der Waals surface area (Å²) >= 11 is 1.65. The smallest absolute Gasteiger partial charge is 0.261 e. The molecule has 3 rings (SSSR count). The molecular weight excluding hydrogens is 406 g/mol. The van der Waals surface area contributed by atoms with Gasteiger partial charge in [-0.1, -0.05) is 24.3 Å². The Morgan fingerprint density at radius 1 is 1.00 bits per heavy atom. The van der Waals surface area contributed by atoms with Gasteiger partial charge in [0, 0.05) is 22.7 Å². The maximum absolute atomic E-state index is 12.5. The number of carbonyl (C=O) groups is 1. The minimum Gasteiger partial charge on any atom is -0.350 e. The van der Waals surface area contributed by atoms with Crippen LogP contribution in [0.5, 0.6) is 0 Å². The van der Waals surface area contributed by atoms with E-state index in [0.29, 0.717) is 17.8 Å². The molecule has 0 aliphatic carbocycles. The highest BCUT2D eigenvalue weighted by molar-refractivity contribution is 7.92. The van der Waals surface area contributed by atoms with Gasteiger partial charge in [-0.15, -0.1) is 11.3 Å². The van der Waals surface area contributed by atoms with Crippen molar-refractivity contribution in [3.8, 4) is 0 Å². The zero-order valence-corrected chi connectivity index (χ0v) is 17.8. The third-order valence-corrected chi connectivity index (χ3v) is 6.77. The molecular formula is C21H23N3O3S2. The van der Waals surface area contributed by atoms with Crippen LogP contribution in [0.2, 0.25) is 0 Å². The Balaban J connectivity index is 1.63. The second-order valence-electron chi connectivity index (χ2n) is 6.70. The topological polar surface area (TPSA) is 78.5 Å². The summed E-state index contributed by atoms with van der Waals surface area (Å²) in [5.41, 5.74) is 0.867. The van der Waals surface area contributed by atoms with E-state index in [2.05, 4.69) is 21.0 Å². The van der Waals surface area contributed by atoms with Crippen LogP contribution in [0.25, 0.3) is 0 Å². The average Bonchev–Trinajstić information content (AvgIpc) is 3.23. The Kier molecular flexibility index (Phi) is 6.68. The number of thiophene rings is 1. The first-order chi connectivity index (χ1) is 13.9. The van der Waals surface area contributed by atoms with Gasteiger partial charge < -0.3 is 10.2 Å². The number of carbonyl (C=O) groups excluding carboxylic acids is 1. The molecule has 1 atom stereocenters. The summed E-state index contributed by atoms with van der Waals surface area (Å²) in [6, 6.07) is 18.7. The minimum absolute atomic E-state index is 0.0934. The van der Waals surface area contributed by atoms with Crippen LogP contribution in [0.3, 0.4) is 0 Å². The number of amides is 1. The van der Waals surface area contributed by atoms with Gasteiger partial charge in [0.1, 0.15) is 0 Å². The molecule has 0 aliphatic heterocycles. The van der Waals surface area contributed by atoms with Crippen molar-refractivity contribution >= 4 is 33.0 Å². The Labute approximate surface area is 175 Å². The van der Waals surface area contributed by atoms with E-state index in [-0.39, 0.29) is 16.8 Å². The molecule has 152 valence electrons. The molecule has 0 radical (unpaired) electrons. The fourth-order valence-electron chi connectivity index (χ4n) is 2.81. The zero-order chi connectivity index (χ0) is 20.9. The van der Waals surface area contributed by atoms with Crippen molar-refractivity contribution in [2.45, 2.75) is 10.9 Å². The van der Waals surface area contributed by atoms with Gasteiger partial charge in [-0.3, -0.25) is 9.52 Å². The SMILES string of the molecule is CN(C)C(CNC(=O)c1ccc(NS(=O)(=O)c2ccccc2)cc1)c1cccs1. The second kappa shape index (κ2) is 9.21. The Bertz CT molecular complexity index is 1030. The van der Waals surface area contributed by atoms with Crippen molar-refractivity contribution < 1.29 is 13.2 Å². The molecule has 0 spiro atoms. The lowest BCUT2D eigenvalue weighted by Crippen LogP contribution is -2.34. The van der Waals surface area contributed by atoms with Gasteiger partial charge in [0.2, 0.25) is 0 Å². The van der Waals surface area contributed by atoms with Gasteiger partial charge in [-0.2, -0.15) is 0 Å². The fraction of sp³-hybridized carbons (Fsp3) is 0.190. The molecule has 0 saturated carbocycles. The van der Waals surface area contributed by atoms with Gasteiger partial charge in [0.05, 0.1) is 10.9 Å². The maximum atomic E-state index is 12.5. The van der Waals surface area contributed by atoms with Crippen molar-refractivity contribution in [3.05, 3.63) is 82.6 Å². The lowest BCUT2D eigenvalue weighted by molar-refractivity contribution is 0.0942. The molecule has 0 bridgehead atoms. The van der Waals surface area contributed by atoms with Crippen LogP contribution in [-0.4, -0.2) is 39.9 Å². The first-order valence-corrected chi connectivity index (χ1v) is 11.4. The highest BCUT2D eigenvalue weighted by Crippen LogP contribution is 2.22. The summed E-state index contributed by atoms with van der Waals surface area (Å²) in [6.45, 7) is 0.481. The van der Waals surface area contributed by atoms with Crippen molar-refractivity contribution in [1.29, 1.82) is 0 Å². The summed E-state index contributed by atoms with van der Waals surface area (Å²) in [5, 5.41) is 4.97. The molecule has 1 heterocycles. The van der Waals surface area contributed by atoms with Crippen LogP contribution < -0.4 is 10.0 Å². The molecule has 29 heavy (non-hydrogen) atoms. The van der Waals surface area contributed by atoms with Crippen molar-refractivity contribution in [2.75, 3.05) is 25.4 Å².